The van der Waals surface area contributed by atoms with Crippen molar-refractivity contribution in [3.8, 4) is 11.5 Å². The number of ether oxygens (including phenoxy) is 2. The normalized spacial score (nSPS) is 11.3. The standard InChI is InChI=1S/C19H22N2O3S/c1-4-13(2)24-17-10-5-7-14(11-17)18(22)21-19(25)20-15-8-6-9-16(12-15)23-3/h5-13H,4H2,1-3H3,(H2,20,21,22,25). The number of carbonyl (C=O) groups is 1. The molecule has 0 aliphatic heterocycles. The molecule has 6 heteroatoms. The number of hydrogen-bond donors (Lipinski definition) is 2. The predicted octanol–water partition coefficient (Wildman–Crippen LogP) is 4.00. The summed E-state index contributed by atoms with van der Waals surface area (Å²) in [6, 6.07) is 14.3. The predicted molar refractivity (Wildman–Crippen MR) is 104 cm³/mol. The first-order valence-corrected chi connectivity index (χ1v) is 8.45. The van der Waals surface area contributed by atoms with Gasteiger partial charge in [-0.1, -0.05) is 19.1 Å². The zero-order chi connectivity index (χ0) is 18.2. The molecule has 0 saturated carbocycles. The third kappa shape index (κ3) is 5.76. The highest BCUT2D eigenvalue weighted by Crippen LogP contribution is 2.17. The minimum Gasteiger partial charge on any atom is -0.497 e. The Hall–Kier alpha value is -2.60. The monoisotopic (exact) mass is 358 g/mol. The molecule has 0 aliphatic rings. The second kappa shape index (κ2) is 9.03. The molecule has 1 atom stereocenters. The topological polar surface area (TPSA) is 59.6 Å². The van der Waals surface area contributed by atoms with E-state index in [1.165, 1.54) is 0 Å². The molecule has 0 heterocycles. The van der Waals surface area contributed by atoms with Crippen LogP contribution in [0.2, 0.25) is 0 Å². The van der Waals surface area contributed by atoms with Crippen molar-refractivity contribution >= 4 is 28.9 Å². The summed E-state index contributed by atoms with van der Waals surface area (Å²) in [5, 5.41) is 5.84. The van der Waals surface area contributed by atoms with E-state index in [-0.39, 0.29) is 17.1 Å². The Morgan fingerprint density at radius 3 is 2.60 bits per heavy atom. The number of anilines is 1. The SMILES string of the molecule is CCC(C)Oc1cccc(C(=O)NC(=S)Nc2cccc(OC)c2)c1. The lowest BCUT2D eigenvalue weighted by molar-refractivity contribution is 0.0977. The Bertz CT molecular complexity index is 749. The number of nitrogens with one attached hydrogen (secondary N) is 2. The molecule has 0 spiro atoms. The Morgan fingerprint density at radius 1 is 1.16 bits per heavy atom. The average molecular weight is 358 g/mol. The van der Waals surface area contributed by atoms with E-state index in [1.54, 1.807) is 31.4 Å². The number of hydrogen-bond acceptors (Lipinski definition) is 4. The molecule has 25 heavy (non-hydrogen) atoms. The number of amides is 1. The minimum absolute atomic E-state index is 0.0918. The molecule has 132 valence electrons. The van der Waals surface area contributed by atoms with Crippen molar-refractivity contribution in [2.24, 2.45) is 0 Å². The lowest BCUT2D eigenvalue weighted by atomic mass is 10.2. The summed E-state index contributed by atoms with van der Waals surface area (Å²) in [5.74, 6) is 1.07. The van der Waals surface area contributed by atoms with Gasteiger partial charge in [-0.05, 0) is 55.9 Å². The zero-order valence-electron chi connectivity index (χ0n) is 14.5. The van der Waals surface area contributed by atoms with E-state index < -0.39 is 0 Å². The summed E-state index contributed by atoms with van der Waals surface area (Å²) in [5.41, 5.74) is 1.22. The molecule has 2 N–H and O–H groups in total. The van der Waals surface area contributed by atoms with E-state index in [2.05, 4.69) is 10.6 Å². The zero-order valence-corrected chi connectivity index (χ0v) is 15.4. The van der Waals surface area contributed by atoms with Crippen molar-refractivity contribution < 1.29 is 14.3 Å². The molecule has 0 saturated heterocycles. The molecule has 0 bridgehead atoms. The van der Waals surface area contributed by atoms with Crippen LogP contribution in [-0.4, -0.2) is 24.2 Å². The Labute approximate surface area is 153 Å². The van der Waals surface area contributed by atoms with Crippen LogP contribution in [0, 0.1) is 0 Å². The number of methoxy groups -OCH3 is 1. The van der Waals surface area contributed by atoms with Crippen molar-refractivity contribution in [3.63, 3.8) is 0 Å². The van der Waals surface area contributed by atoms with E-state index in [0.717, 1.165) is 12.1 Å². The fourth-order valence-corrected chi connectivity index (χ4v) is 2.28. The van der Waals surface area contributed by atoms with Crippen molar-refractivity contribution in [2.45, 2.75) is 26.4 Å². The molecular formula is C19H22N2O3S. The molecule has 2 rings (SSSR count). The highest BCUT2D eigenvalue weighted by Gasteiger charge is 2.10. The maximum Gasteiger partial charge on any atom is 0.257 e. The lowest BCUT2D eigenvalue weighted by Crippen LogP contribution is -2.34. The van der Waals surface area contributed by atoms with Gasteiger partial charge >= 0.3 is 0 Å². The Balaban J connectivity index is 1.98. The molecule has 0 aliphatic carbocycles. The van der Waals surface area contributed by atoms with Gasteiger partial charge in [0, 0.05) is 17.3 Å². The molecule has 2 aromatic carbocycles. The highest BCUT2D eigenvalue weighted by atomic mass is 32.1. The van der Waals surface area contributed by atoms with Gasteiger partial charge in [-0.2, -0.15) is 0 Å². The van der Waals surface area contributed by atoms with Crippen molar-refractivity contribution in [3.05, 3.63) is 54.1 Å². The van der Waals surface area contributed by atoms with Crippen LogP contribution in [0.4, 0.5) is 5.69 Å². The summed E-state index contributed by atoms with van der Waals surface area (Å²) in [4.78, 5) is 12.4. The Kier molecular flexibility index (Phi) is 6.77. The van der Waals surface area contributed by atoms with E-state index in [4.69, 9.17) is 21.7 Å². The summed E-state index contributed by atoms with van der Waals surface area (Å²) in [6.45, 7) is 4.03. The van der Waals surface area contributed by atoms with Crippen LogP contribution in [0.25, 0.3) is 0 Å². The largest absolute Gasteiger partial charge is 0.497 e. The second-order valence-corrected chi connectivity index (χ2v) is 5.91. The van der Waals surface area contributed by atoms with Gasteiger partial charge in [0.25, 0.3) is 5.91 Å². The summed E-state index contributed by atoms with van der Waals surface area (Å²) in [7, 11) is 1.59. The molecule has 0 radical (unpaired) electrons. The van der Waals surface area contributed by atoms with Crippen molar-refractivity contribution in [1.82, 2.24) is 5.32 Å². The van der Waals surface area contributed by atoms with Crippen molar-refractivity contribution in [1.29, 1.82) is 0 Å². The van der Waals surface area contributed by atoms with Gasteiger partial charge in [0.05, 0.1) is 13.2 Å². The van der Waals surface area contributed by atoms with Crippen LogP contribution in [0.1, 0.15) is 30.6 Å². The third-order valence-corrected chi connectivity index (χ3v) is 3.77. The number of benzene rings is 2. The van der Waals surface area contributed by atoms with E-state index in [0.29, 0.717) is 17.1 Å². The number of rotatable bonds is 6. The van der Waals surface area contributed by atoms with Crippen LogP contribution in [0.5, 0.6) is 11.5 Å². The number of thiocarbonyl (C=S) groups is 1. The van der Waals surface area contributed by atoms with Gasteiger partial charge < -0.3 is 14.8 Å². The first kappa shape index (κ1) is 18.7. The molecular weight excluding hydrogens is 336 g/mol. The number of carbonyl (C=O) groups excluding carboxylic acids is 1. The fourth-order valence-electron chi connectivity index (χ4n) is 2.06. The second-order valence-electron chi connectivity index (χ2n) is 5.50. The fraction of sp³-hybridized carbons (Fsp3) is 0.263. The van der Waals surface area contributed by atoms with Crippen LogP contribution < -0.4 is 20.1 Å². The highest BCUT2D eigenvalue weighted by molar-refractivity contribution is 7.80. The maximum atomic E-state index is 12.4. The van der Waals surface area contributed by atoms with Gasteiger partial charge in [-0.15, -0.1) is 0 Å². The van der Waals surface area contributed by atoms with Crippen LogP contribution in [0.15, 0.2) is 48.5 Å². The van der Waals surface area contributed by atoms with Crippen molar-refractivity contribution in [2.75, 3.05) is 12.4 Å². The first-order chi connectivity index (χ1) is 12.0. The molecule has 2 aromatic rings. The first-order valence-electron chi connectivity index (χ1n) is 8.05. The molecule has 0 aromatic heterocycles. The van der Waals surface area contributed by atoms with Gasteiger partial charge in [-0.25, -0.2) is 0 Å². The van der Waals surface area contributed by atoms with E-state index >= 15 is 0 Å². The summed E-state index contributed by atoms with van der Waals surface area (Å²) < 4.78 is 10.9. The molecule has 1 amide bonds. The molecule has 1 unspecified atom stereocenters. The third-order valence-electron chi connectivity index (χ3n) is 3.56. The lowest BCUT2D eigenvalue weighted by Gasteiger charge is -2.14. The van der Waals surface area contributed by atoms with Gasteiger partial charge in [0.1, 0.15) is 11.5 Å². The van der Waals surface area contributed by atoms with Gasteiger partial charge in [0.2, 0.25) is 0 Å². The Morgan fingerprint density at radius 2 is 1.88 bits per heavy atom. The quantitative estimate of drug-likeness (QED) is 0.765. The smallest absolute Gasteiger partial charge is 0.257 e. The van der Waals surface area contributed by atoms with Crippen LogP contribution in [-0.2, 0) is 0 Å². The van der Waals surface area contributed by atoms with E-state index in [9.17, 15) is 4.79 Å². The summed E-state index contributed by atoms with van der Waals surface area (Å²) >= 11 is 5.20. The average Bonchev–Trinajstić information content (AvgIpc) is 2.61. The van der Waals surface area contributed by atoms with Gasteiger partial charge in [0.15, 0.2) is 5.11 Å². The van der Waals surface area contributed by atoms with E-state index in [1.807, 2.05) is 38.1 Å². The molecule has 5 nitrogen and oxygen atoms in total. The maximum absolute atomic E-state index is 12.4. The van der Waals surface area contributed by atoms with Crippen LogP contribution >= 0.6 is 12.2 Å². The van der Waals surface area contributed by atoms with Crippen LogP contribution in [0.3, 0.4) is 0 Å². The van der Waals surface area contributed by atoms with Gasteiger partial charge in [-0.3, -0.25) is 10.1 Å². The molecule has 0 fully saturated rings. The minimum atomic E-state index is -0.296. The summed E-state index contributed by atoms with van der Waals surface area (Å²) in [6.07, 6.45) is 0.986.